The van der Waals surface area contributed by atoms with Gasteiger partial charge < -0.3 is 5.11 Å². The van der Waals surface area contributed by atoms with Crippen molar-refractivity contribution in [3.8, 4) is 0 Å². The van der Waals surface area contributed by atoms with E-state index in [1.54, 1.807) is 0 Å². The summed E-state index contributed by atoms with van der Waals surface area (Å²) in [4.78, 5) is 12.4. The van der Waals surface area contributed by atoms with Crippen LogP contribution in [0.1, 0.15) is 77.2 Å². The zero-order valence-corrected chi connectivity index (χ0v) is 16.5. The molecule has 2 rings (SSSR count). The first-order valence-electron chi connectivity index (χ1n) is 9.76. The Labute approximate surface area is 157 Å². The molecule has 1 unspecified atom stereocenters. The van der Waals surface area contributed by atoms with Gasteiger partial charge in [0.05, 0.1) is 4.75 Å². The van der Waals surface area contributed by atoms with Crippen molar-refractivity contribution in [2.75, 3.05) is 0 Å². The van der Waals surface area contributed by atoms with Crippen molar-refractivity contribution in [3.63, 3.8) is 0 Å². The molecule has 0 aliphatic carbocycles. The Hall–Kier alpha value is -1.22. The van der Waals surface area contributed by atoms with Crippen LogP contribution < -0.4 is 0 Å². The summed E-state index contributed by atoms with van der Waals surface area (Å²) in [5.74, 6) is 0.314. The first-order valence-corrected chi connectivity index (χ1v) is 10.6. The highest BCUT2D eigenvalue weighted by molar-refractivity contribution is 8.15. The van der Waals surface area contributed by atoms with Gasteiger partial charge in [-0.15, -0.1) is 0 Å². The van der Waals surface area contributed by atoms with Crippen molar-refractivity contribution in [1.82, 2.24) is 0 Å². The Morgan fingerprint density at radius 2 is 1.56 bits per heavy atom. The maximum atomic E-state index is 12.4. The molecule has 0 fully saturated rings. The summed E-state index contributed by atoms with van der Waals surface area (Å²) in [5.41, 5.74) is 1.67. The minimum absolute atomic E-state index is 0.0448. The molecule has 0 radical (unpaired) electrons. The van der Waals surface area contributed by atoms with Gasteiger partial charge in [0.15, 0.2) is 0 Å². The molecule has 1 atom stereocenters. The van der Waals surface area contributed by atoms with Crippen LogP contribution in [0.4, 0.5) is 0 Å². The summed E-state index contributed by atoms with van der Waals surface area (Å²) in [6.45, 7) is 4.26. The fourth-order valence-electron chi connectivity index (χ4n) is 3.45. The third-order valence-electron chi connectivity index (χ3n) is 5.08. The van der Waals surface area contributed by atoms with Gasteiger partial charge in [-0.25, -0.2) is 0 Å². The third kappa shape index (κ3) is 5.91. The van der Waals surface area contributed by atoms with Crippen LogP contribution in [0.3, 0.4) is 0 Å². The average molecular weight is 361 g/mol. The molecular weight excluding hydrogens is 328 g/mol. The summed E-state index contributed by atoms with van der Waals surface area (Å²) in [7, 11) is 0. The smallest absolute Gasteiger partial charge is 0.220 e. The van der Waals surface area contributed by atoms with Crippen LogP contribution in [0.2, 0.25) is 0 Å². The van der Waals surface area contributed by atoms with Gasteiger partial charge in [-0.2, -0.15) is 0 Å². The fourth-order valence-corrected chi connectivity index (χ4v) is 4.62. The molecule has 0 bridgehead atoms. The van der Waals surface area contributed by atoms with E-state index in [1.807, 2.05) is 37.3 Å². The molecular formula is C22H32O2S. The number of aliphatic hydroxyl groups excluding tert-OH is 1. The Kier molecular flexibility index (Phi) is 8.08. The van der Waals surface area contributed by atoms with E-state index in [9.17, 15) is 9.90 Å². The van der Waals surface area contributed by atoms with Crippen LogP contribution in [-0.2, 0) is 11.2 Å². The number of carbonyl (C=O) groups is 1. The van der Waals surface area contributed by atoms with Crippen molar-refractivity contribution < 1.29 is 9.90 Å². The minimum atomic E-state index is -0.427. The second-order valence-electron chi connectivity index (χ2n) is 7.33. The standard InChI is InChI=1S/C22H32O2S/c1-3-4-5-6-7-8-9-13-16-22(2)20(23)19(21(24)25-22)17-18-14-11-10-12-15-18/h10-12,14-15,23H,3-9,13,16-17H2,1-2H3. The van der Waals surface area contributed by atoms with Crippen molar-refractivity contribution >= 4 is 16.9 Å². The second-order valence-corrected chi connectivity index (χ2v) is 8.81. The number of hydrogen-bond donors (Lipinski definition) is 1. The van der Waals surface area contributed by atoms with Crippen molar-refractivity contribution in [3.05, 3.63) is 47.2 Å². The fraction of sp³-hybridized carbons (Fsp3) is 0.591. The van der Waals surface area contributed by atoms with Crippen molar-refractivity contribution in [2.45, 2.75) is 82.8 Å². The predicted molar refractivity (Wildman–Crippen MR) is 108 cm³/mol. The maximum Gasteiger partial charge on any atom is 0.220 e. The monoisotopic (exact) mass is 360 g/mol. The van der Waals surface area contributed by atoms with E-state index in [1.165, 1.54) is 56.7 Å². The summed E-state index contributed by atoms with van der Waals surface area (Å²) >= 11 is 1.32. The van der Waals surface area contributed by atoms with Crippen molar-refractivity contribution in [1.29, 1.82) is 0 Å². The molecule has 1 N–H and O–H groups in total. The second kappa shape index (κ2) is 10.1. The zero-order valence-electron chi connectivity index (χ0n) is 15.7. The summed E-state index contributed by atoms with van der Waals surface area (Å²) in [6, 6.07) is 9.92. The Morgan fingerprint density at radius 1 is 0.960 bits per heavy atom. The molecule has 1 aliphatic rings. The molecule has 0 saturated heterocycles. The van der Waals surface area contributed by atoms with E-state index < -0.39 is 4.75 Å². The van der Waals surface area contributed by atoms with Gasteiger partial charge >= 0.3 is 0 Å². The van der Waals surface area contributed by atoms with Gasteiger partial charge in [0, 0.05) is 12.0 Å². The molecule has 1 aromatic carbocycles. The van der Waals surface area contributed by atoms with Crippen LogP contribution in [0.5, 0.6) is 0 Å². The molecule has 0 saturated carbocycles. The Balaban J connectivity index is 1.81. The molecule has 25 heavy (non-hydrogen) atoms. The van der Waals surface area contributed by atoms with Gasteiger partial charge in [-0.3, -0.25) is 4.79 Å². The quantitative estimate of drug-likeness (QED) is 0.451. The number of carbonyl (C=O) groups excluding carboxylic acids is 1. The maximum absolute atomic E-state index is 12.4. The molecule has 3 heteroatoms. The molecule has 1 aliphatic heterocycles. The lowest BCUT2D eigenvalue weighted by Crippen LogP contribution is -2.20. The van der Waals surface area contributed by atoms with Gasteiger partial charge in [0.2, 0.25) is 5.12 Å². The summed E-state index contributed by atoms with van der Waals surface area (Å²) < 4.78 is -0.427. The summed E-state index contributed by atoms with van der Waals surface area (Å²) in [5, 5.41) is 10.7. The lowest BCUT2D eigenvalue weighted by Gasteiger charge is -2.22. The number of aliphatic hydroxyl groups is 1. The molecule has 1 heterocycles. The van der Waals surface area contributed by atoms with Gasteiger partial charge in [0.1, 0.15) is 5.76 Å². The number of hydrogen-bond acceptors (Lipinski definition) is 3. The van der Waals surface area contributed by atoms with Crippen LogP contribution in [0.15, 0.2) is 41.7 Å². The molecule has 0 spiro atoms. The normalized spacial score (nSPS) is 20.5. The third-order valence-corrected chi connectivity index (χ3v) is 6.36. The van der Waals surface area contributed by atoms with E-state index in [0.29, 0.717) is 17.8 Å². The lowest BCUT2D eigenvalue weighted by atomic mass is 9.94. The number of unbranched alkanes of at least 4 members (excludes halogenated alkanes) is 7. The zero-order chi connectivity index (χ0) is 18.1. The highest BCUT2D eigenvalue weighted by Gasteiger charge is 2.42. The molecule has 0 aromatic heterocycles. The first kappa shape index (κ1) is 20.1. The topological polar surface area (TPSA) is 37.3 Å². The van der Waals surface area contributed by atoms with E-state index in [-0.39, 0.29) is 5.12 Å². The highest BCUT2D eigenvalue weighted by Crippen LogP contribution is 2.46. The van der Waals surface area contributed by atoms with Crippen LogP contribution in [0.25, 0.3) is 0 Å². The van der Waals surface area contributed by atoms with E-state index >= 15 is 0 Å². The highest BCUT2D eigenvalue weighted by atomic mass is 32.2. The van der Waals surface area contributed by atoms with E-state index in [4.69, 9.17) is 0 Å². The molecule has 2 nitrogen and oxygen atoms in total. The van der Waals surface area contributed by atoms with Crippen LogP contribution in [-0.4, -0.2) is 15.0 Å². The van der Waals surface area contributed by atoms with E-state index in [0.717, 1.165) is 18.4 Å². The molecule has 1 aromatic rings. The Morgan fingerprint density at radius 3 is 2.20 bits per heavy atom. The predicted octanol–water partition coefficient (Wildman–Crippen LogP) is 6.60. The molecule has 138 valence electrons. The van der Waals surface area contributed by atoms with Gasteiger partial charge in [-0.1, -0.05) is 100 Å². The van der Waals surface area contributed by atoms with Gasteiger partial charge in [-0.05, 0) is 18.9 Å². The number of benzene rings is 1. The molecule has 0 amide bonds. The lowest BCUT2D eigenvalue weighted by molar-refractivity contribution is -0.107. The summed E-state index contributed by atoms with van der Waals surface area (Å²) in [6.07, 6.45) is 11.6. The number of thioether (sulfide) groups is 1. The average Bonchev–Trinajstić information content (AvgIpc) is 2.82. The Bertz CT molecular complexity index is 579. The first-order chi connectivity index (χ1) is 12.1. The SMILES string of the molecule is CCCCCCCCCCC1(C)SC(=O)C(Cc2ccccc2)=C1O. The van der Waals surface area contributed by atoms with Crippen LogP contribution in [0, 0.1) is 0 Å². The van der Waals surface area contributed by atoms with Gasteiger partial charge in [0.25, 0.3) is 0 Å². The van der Waals surface area contributed by atoms with E-state index in [2.05, 4.69) is 6.92 Å². The number of rotatable bonds is 11. The van der Waals surface area contributed by atoms with Crippen LogP contribution >= 0.6 is 11.8 Å². The van der Waals surface area contributed by atoms with Crippen molar-refractivity contribution in [2.24, 2.45) is 0 Å². The minimum Gasteiger partial charge on any atom is -0.510 e. The largest absolute Gasteiger partial charge is 0.510 e.